The van der Waals surface area contributed by atoms with E-state index in [2.05, 4.69) is 20.9 Å². The summed E-state index contributed by atoms with van der Waals surface area (Å²) in [6.07, 6.45) is 0.855. The minimum absolute atomic E-state index is 0.00361. The van der Waals surface area contributed by atoms with Crippen LogP contribution in [0.3, 0.4) is 0 Å². The van der Waals surface area contributed by atoms with Gasteiger partial charge in [0.2, 0.25) is 11.8 Å². The summed E-state index contributed by atoms with van der Waals surface area (Å²) in [4.78, 5) is 40.5. The third-order valence-corrected chi connectivity index (χ3v) is 4.53. The van der Waals surface area contributed by atoms with Gasteiger partial charge in [0.05, 0.1) is 20.2 Å². The number of benzene rings is 1. The van der Waals surface area contributed by atoms with Gasteiger partial charge in [0.1, 0.15) is 5.75 Å². The molecule has 3 N–H and O–H groups in total. The molecule has 0 bridgehead atoms. The van der Waals surface area contributed by atoms with Crippen LogP contribution in [0.2, 0.25) is 0 Å². The number of rotatable bonds is 6. The lowest BCUT2D eigenvalue weighted by Gasteiger charge is -2.25. The second kappa shape index (κ2) is 10.9. The van der Waals surface area contributed by atoms with Gasteiger partial charge in [0.25, 0.3) is 0 Å². The summed E-state index contributed by atoms with van der Waals surface area (Å²) < 4.78 is 5.07. The molecule has 1 saturated heterocycles. The predicted molar refractivity (Wildman–Crippen MR) is 116 cm³/mol. The van der Waals surface area contributed by atoms with Crippen molar-refractivity contribution in [1.82, 2.24) is 20.4 Å². The summed E-state index contributed by atoms with van der Waals surface area (Å²) in [6.45, 7) is 9.26. The summed E-state index contributed by atoms with van der Waals surface area (Å²) in [5.74, 6) is 0.326. The molecule has 1 aromatic carbocycles. The molecule has 0 atom stereocenters. The molecular formula is C21H33N5O4. The van der Waals surface area contributed by atoms with Gasteiger partial charge in [-0.3, -0.25) is 24.7 Å². The number of nitrogens with one attached hydrogen (secondary N) is 3. The van der Waals surface area contributed by atoms with E-state index in [1.807, 2.05) is 25.7 Å². The molecule has 0 aliphatic carbocycles. The molecule has 4 amide bonds. The zero-order valence-electron chi connectivity index (χ0n) is 18.3. The van der Waals surface area contributed by atoms with E-state index in [0.717, 1.165) is 19.5 Å². The van der Waals surface area contributed by atoms with E-state index < -0.39 is 6.03 Å². The maximum absolute atomic E-state index is 12.2. The van der Waals surface area contributed by atoms with E-state index in [1.54, 1.807) is 31.4 Å². The molecule has 9 heteroatoms. The van der Waals surface area contributed by atoms with Crippen LogP contribution in [0.1, 0.15) is 27.2 Å². The van der Waals surface area contributed by atoms with Crippen LogP contribution in [0.5, 0.6) is 5.75 Å². The fourth-order valence-corrected chi connectivity index (χ4v) is 3.21. The zero-order valence-corrected chi connectivity index (χ0v) is 18.3. The van der Waals surface area contributed by atoms with E-state index in [1.165, 1.54) is 0 Å². The molecule has 0 saturated carbocycles. The molecule has 0 aromatic heterocycles. The first-order chi connectivity index (χ1) is 14.1. The minimum Gasteiger partial charge on any atom is -0.497 e. The summed E-state index contributed by atoms with van der Waals surface area (Å²) in [6, 6.07) is 6.27. The van der Waals surface area contributed by atoms with Crippen molar-refractivity contribution in [2.24, 2.45) is 0 Å². The average Bonchev–Trinajstić information content (AvgIpc) is 2.85. The highest BCUT2D eigenvalue weighted by Gasteiger charge is 2.21. The molecule has 2 rings (SSSR count). The van der Waals surface area contributed by atoms with Gasteiger partial charge in [-0.25, -0.2) is 4.79 Å². The Morgan fingerprint density at radius 1 is 0.933 bits per heavy atom. The molecule has 1 aliphatic rings. The van der Waals surface area contributed by atoms with Gasteiger partial charge in [0, 0.05) is 24.3 Å². The number of methoxy groups -OCH3 is 1. The Bertz CT molecular complexity index is 730. The molecule has 1 aromatic rings. The summed E-state index contributed by atoms with van der Waals surface area (Å²) in [5, 5.41) is 7.95. The van der Waals surface area contributed by atoms with Crippen molar-refractivity contribution in [1.29, 1.82) is 0 Å². The molecule has 1 fully saturated rings. The zero-order chi connectivity index (χ0) is 22.1. The Labute approximate surface area is 178 Å². The van der Waals surface area contributed by atoms with Crippen LogP contribution in [0.15, 0.2) is 24.3 Å². The van der Waals surface area contributed by atoms with Gasteiger partial charge >= 0.3 is 6.03 Å². The normalized spacial score (nSPS) is 15.7. The molecule has 0 radical (unpaired) electrons. The highest BCUT2D eigenvalue weighted by molar-refractivity contribution is 6.01. The van der Waals surface area contributed by atoms with Gasteiger partial charge in [-0.05, 0) is 64.5 Å². The van der Waals surface area contributed by atoms with E-state index in [4.69, 9.17) is 4.74 Å². The monoisotopic (exact) mass is 419 g/mol. The summed E-state index contributed by atoms with van der Waals surface area (Å²) in [7, 11) is 1.57. The van der Waals surface area contributed by atoms with Crippen LogP contribution in [-0.4, -0.2) is 79.6 Å². The van der Waals surface area contributed by atoms with Crippen molar-refractivity contribution < 1.29 is 19.1 Å². The number of carbonyl (C=O) groups excluding carboxylic acids is 3. The lowest BCUT2D eigenvalue weighted by molar-refractivity contribution is -0.124. The number of ether oxygens (including phenoxy) is 1. The molecule has 0 unspecified atom stereocenters. The van der Waals surface area contributed by atoms with Gasteiger partial charge in [-0.2, -0.15) is 0 Å². The molecule has 166 valence electrons. The Hall–Kier alpha value is -2.65. The summed E-state index contributed by atoms with van der Waals surface area (Å²) in [5.41, 5.74) is 0.319. The molecular weight excluding hydrogens is 386 g/mol. The third-order valence-electron chi connectivity index (χ3n) is 4.53. The van der Waals surface area contributed by atoms with Crippen LogP contribution in [0.4, 0.5) is 10.5 Å². The van der Waals surface area contributed by atoms with Crippen LogP contribution < -0.4 is 20.7 Å². The van der Waals surface area contributed by atoms with Crippen molar-refractivity contribution in [3.8, 4) is 5.75 Å². The second-order valence-corrected chi connectivity index (χ2v) is 8.43. The smallest absolute Gasteiger partial charge is 0.325 e. The molecule has 1 heterocycles. The second-order valence-electron chi connectivity index (χ2n) is 8.43. The summed E-state index contributed by atoms with van der Waals surface area (Å²) >= 11 is 0. The lowest BCUT2D eigenvalue weighted by Crippen LogP contribution is -2.47. The van der Waals surface area contributed by atoms with E-state index in [9.17, 15) is 14.4 Å². The van der Waals surface area contributed by atoms with E-state index >= 15 is 0 Å². The number of imide groups is 1. The Kier molecular flexibility index (Phi) is 8.61. The maximum atomic E-state index is 12.2. The number of urea groups is 1. The number of hydrogen-bond donors (Lipinski definition) is 3. The third kappa shape index (κ3) is 8.79. The highest BCUT2D eigenvalue weighted by Crippen LogP contribution is 2.14. The molecule has 30 heavy (non-hydrogen) atoms. The van der Waals surface area contributed by atoms with Crippen LogP contribution in [-0.2, 0) is 9.59 Å². The molecule has 1 aliphatic heterocycles. The fraction of sp³-hybridized carbons (Fsp3) is 0.571. The molecule has 0 spiro atoms. The van der Waals surface area contributed by atoms with E-state index in [-0.39, 0.29) is 23.9 Å². The number of carbonyl (C=O) groups is 3. The average molecular weight is 420 g/mol. The predicted octanol–water partition coefficient (Wildman–Crippen LogP) is 1.27. The first kappa shape index (κ1) is 23.6. The van der Waals surface area contributed by atoms with Crippen molar-refractivity contribution in [3.05, 3.63) is 24.3 Å². The number of anilines is 1. The van der Waals surface area contributed by atoms with Crippen molar-refractivity contribution >= 4 is 23.5 Å². The Morgan fingerprint density at radius 3 is 2.03 bits per heavy atom. The van der Waals surface area contributed by atoms with Gasteiger partial charge < -0.3 is 15.4 Å². The van der Waals surface area contributed by atoms with Crippen LogP contribution >= 0.6 is 0 Å². The maximum Gasteiger partial charge on any atom is 0.325 e. The first-order valence-corrected chi connectivity index (χ1v) is 10.2. The van der Waals surface area contributed by atoms with Crippen LogP contribution in [0.25, 0.3) is 0 Å². The number of amides is 4. The van der Waals surface area contributed by atoms with Gasteiger partial charge in [-0.1, -0.05) is 0 Å². The molecule has 9 nitrogen and oxygen atoms in total. The first-order valence-electron chi connectivity index (χ1n) is 10.2. The number of nitrogens with zero attached hydrogens (tertiary/aromatic N) is 2. The van der Waals surface area contributed by atoms with Crippen LogP contribution in [0, 0.1) is 0 Å². The van der Waals surface area contributed by atoms with E-state index in [0.29, 0.717) is 31.1 Å². The van der Waals surface area contributed by atoms with Crippen molar-refractivity contribution in [3.63, 3.8) is 0 Å². The Balaban J connectivity index is 1.73. The topological polar surface area (TPSA) is 103 Å². The largest absolute Gasteiger partial charge is 0.497 e. The fourth-order valence-electron chi connectivity index (χ4n) is 3.21. The lowest BCUT2D eigenvalue weighted by atomic mass is 10.1. The van der Waals surface area contributed by atoms with Crippen molar-refractivity contribution in [2.45, 2.75) is 32.7 Å². The van der Waals surface area contributed by atoms with Gasteiger partial charge in [-0.15, -0.1) is 0 Å². The van der Waals surface area contributed by atoms with Gasteiger partial charge in [0.15, 0.2) is 0 Å². The quantitative estimate of drug-likeness (QED) is 0.642. The number of hydrogen-bond acceptors (Lipinski definition) is 6. The SMILES string of the molecule is COc1ccc(NC(=O)NC(=O)CN2CCCN(CC(=O)NC(C)(C)C)CC2)cc1. The Morgan fingerprint density at radius 2 is 1.50 bits per heavy atom. The van der Waals surface area contributed by atoms with Crippen molar-refractivity contribution in [2.75, 3.05) is 51.7 Å². The standard InChI is InChI=1S/C21H33N5O4/c1-21(2,3)24-19(28)15-26-11-5-10-25(12-13-26)14-18(27)23-20(29)22-16-6-8-17(30-4)9-7-16/h6-9H,5,10-15H2,1-4H3,(H,24,28)(H2,22,23,27,29). The minimum atomic E-state index is -0.569. The highest BCUT2D eigenvalue weighted by atomic mass is 16.5.